The quantitative estimate of drug-likeness (QED) is 0.526. The van der Waals surface area contributed by atoms with Gasteiger partial charge in [0.2, 0.25) is 5.95 Å². The maximum Gasteiger partial charge on any atom is 0.237 e. The molecule has 0 fully saturated rings. The predicted octanol–water partition coefficient (Wildman–Crippen LogP) is 3.63. The van der Waals surface area contributed by atoms with Gasteiger partial charge in [-0.15, -0.1) is 10.2 Å². The van der Waals surface area contributed by atoms with E-state index in [-0.39, 0.29) is 6.04 Å². The van der Waals surface area contributed by atoms with Crippen molar-refractivity contribution in [2.75, 3.05) is 4.90 Å². The van der Waals surface area contributed by atoms with Crippen molar-refractivity contribution >= 4 is 5.82 Å². The van der Waals surface area contributed by atoms with E-state index in [9.17, 15) is 0 Å². The van der Waals surface area contributed by atoms with Crippen LogP contribution in [0.3, 0.4) is 0 Å². The van der Waals surface area contributed by atoms with Crippen molar-refractivity contribution in [1.82, 2.24) is 34.3 Å². The fourth-order valence-corrected chi connectivity index (χ4v) is 4.02. The average molecular weight is 394 g/mol. The molecule has 0 saturated heterocycles. The molecule has 0 saturated carbocycles. The highest BCUT2D eigenvalue weighted by Gasteiger charge is 2.35. The number of aromatic nitrogens is 7. The van der Waals surface area contributed by atoms with Crippen LogP contribution in [0.25, 0.3) is 23.0 Å². The molecule has 0 radical (unpaired) electrons. The summed E-state index contributed by atoms with van der Waals surface area (Å²) in [7, 11) is 0. The Bertz CT molecular complexity index is 1300. The second kappa shape index (κ2) is 6.48. The van der Waals surface area contributed by atoms with Gasteiger partial charge in [0.05, 0.1) is 12.2 Å². The Morgan fingerprint density at radius 2 is 1.93 bits per heavy atom. The Morgan fingerprint density at radius 3 is 2.70 bits per heavy atom. The first-order chi connectivity index (χ1) is 14.8. The minimum Gasteiger partial charge on any atom is -0.314 e. The van der Waals surface area contributed by atoms with Crippen molar-refractivity contribution in [1.29, 1.82) is 0 Å². The lowest BCUT2D eigenvalue weighted by Crippen LogP contribution is -2.35. The zero-order valence-electron chi connectivity index (χ0n) is 16.3. The molecule has 1 aliphatic heterocycles. The standard InChI is InChI=1S/C22H18N8/c1-2-17-21-27-25-14-29(21)18-13-24-22(26-20(18)30(17)16-9-6-10-16)28-12-11-23-19(28)15-7-4-3-5-8-15/h3-14,17H,2H2,1H3. The Morgan fingerprint density at radius 1 is 1.07 bits per heavy atom. The number of anilines is 1. The van der Waals surface area contributed by atoms with Gasteiger partial charge in [-0.1, -0.05) is 43.3 Å². The first kappa shape index (κ1) is 16.8. The largest absolute Gasteiger partial charge is 0.314 e. The number of fused-ring (bicyclic) bond motifs is 3. The van der Waals surface area contributed by atoms with Crippen LogP contribution in [-0.4, -0.2) is 34.3 Å². The lowest BCUT2D eigenvalue weighted by molar-refractivity contribution is 0.574. The number of nitrogens with zero attached hydrogens (tertiary/aromatic N) is 8. The third-order valence-electron chi connectivity index (χ3n) is 5.50. The highest BCUT2D eigenvalue weighted by molar-refractivity contribution is 5.68. The Balaban J connectivity index is 1.53. The van der Waals surface area contributed by atoms with E-state index in [2.05, 4.69) is 44.1 Å². The summed E-state index contributed by atoms with van der Waals surface area (Å²) < 4.78 is 3.90. The zero-order valence-corrected chi connectivity index (χ0v) is 16.3. The normalized spacial score (nSPS) is 16.6. The lowest BCUT2D eigenvalue weighted by Gasteiger charge is -2.38. The summed E-state index contributed by atoms with van der Waals surface area (Å²) in [5, 5.41) is 8.52. The summed E-state index contributed by atoms with van der Waals surface area (Å²) >= 11 is 0. The number of benzene rings is 1. The Kier molecular flexibility index (Phi) is 3.64. The molecule has 3 aromatic heterocycles. The third-order valence-corrected chi connectivity index (χ3v) is 5.50. The SMILES string of the molecule is CCC1c2nncn2-c2cnc(-n3ccnc3-c3ccccc3)nc2N1C1=CC=C1. The smallest absolute Gasteiger partial charge is 0.237 e. The summed E-state index contributed by atoms with van der Waals surface area (Å²) in [5.74, 6) is 3.11. The van der Waals surface area contributed by atoms with Crippen LogP contribution < -0.4 is 4.90 Å². The molecule has 4 heterocycles. The van der Waals surface area contributed by atoms with Crippen LogP contribution in [0.15, 0.2) is 79.2 Å². The predicted molar refractivity (Wildman–Crippen MR) is 112 cm³/mol. The summed E-state index contributed by atoms with van der Waals surface area (Å²) in [6.07, 6.45) is 14.3. The second-order valence-electron chi connectivity index (χ2n) is 7.17. The van der Waals surface area contributed by atoms with Gasteiger partial charge in [-0.05, 0) is 18.6 Å². The van der Waals surface area contributed by atoms with Gasteiger partial charge in [0, 0.05) is 23.7 Å². The highest BCUT2D eigenvalue weighted by Crippen LogP contribution is 2.41. The van der Waals surface area contributed by atoms with Crippen molar-refractivity contribution in [2.45, 2.75) is 19.4 Å². The first-order valence-electron chi connectivity index (χ1n) is 9.89. The van der Waals surface area contributed by atoms with Crippen molar-refractivity contribution in [3.05, 3.63) is 85.0 Å². The molecule has 0 spiro atoms. The molecule has 1 unspecified atom stereocenters. The van der Waals surface area contributed by atoms with Crippen molar-refractivity contribution < 1.29 is 0 Å². The van der Waals surface area contributed by atoms with Gasteiger partial charge >= 0.3 is 0 Å². The third kappa shape index (κ3) is 2.37. The van der Waals surface area contributed by atoms with Crippen molar-refractivity contribution in [2.24, 2.45) is 0 Å². The van der Waals surface area contributed by atoms with Gasteiger partial charge < -0.3 is 4.90 Å². The molecule has 1 aliphatic carbocycles. The summed E-state index contributed by atoms with van der Waals surface area (Å²) in [6.45, 7) is 2.15. The topological polar surface area (TPSA) is 77.5 Å². The maximum absolute atomic E-state index is 4.99. The van der Waals surface area contributed by atoms with E-state index in [4.69, 9.17) is 4.98 Å². The van der Waals surface area contributed by atoms with E-state index in [0.717, 1.165) is 40.8 Å². The van der Waals surface area contributed by atoms with E-state index in [0.29, 0.717) is 5.95 Å². The zero-order chi connectivity index (χ0) is 20.1. The Labute approximate surface area is 172 Å². The average Bonchev–Trinajstić information content (AvgIpc) is 3.43. The summed E-state index contributed by atoms with van der Waals surface area (Å²) in [5.41, 5.74) is 2.99. The molecule has 8 heteroatoms. The highest BCUT2D eigenvalue weighted by atomic mass is 15.4. The molecule has 6 rings (SSSR count). The van der Waals surface area contributed by atoms with E-state index in [1.807, 2.05) is 57.9 Å². The van der Waals surface area contributed by atoms with Gasteiger partial charge in [0.25, 0.3) is 0 Å². The van der Waals surface area contributed by atoms with Gasteiger partial charge in [-0.25, -0.2) is 9.97 Å². The van der Waals surface area contributed by atoms with Crippen LogP contribution in [0.5, 0.6) is 0 Å². The fourth-order valence-electron chi connectivity index (χ4n) is 4.02. The van der Waals surface area contributed by atoms with Crippen LogP contribution in [-0.2, 0) is 0 Å². The summed E-state index contributed by atoms with van der Waals surface area (Å²) in [4.78, 5) is 16.4. The van der Waals surface area contributed by atoms with Gasteiger partial charge in [0.1, 0.15) is 17.8 Å². The summed E-state index contributed by atoms with van der Waals surface area (Å²) in [6, 6.07) is 10.1. The van der Waals surface area contributed by atoms with Gasteiger partial charge in [-0.2, -0.15) is 4.98 Å². The van der Waals surface area contributed by atoms with Crippen LogP contribution in [0, 0.1) is 0 Å². The van der Waals surface area contributed by atoms with Crippen LogP contribution >= 0.6 is 0 Å². The number of hydrogen-bond donors (Lipinski definition) is 0. The number of hydrogen-bond acceptors (Lipinski definition) is 6. The maximum atomic E-state index is 4.99. The molecule has 1 atom stereocenters. The van der Waals surface area contributed by atoms with E-state index in [1.165, 1.54) is 0 Å². The number of imidazole rings is 1. The molecule has 8 nitrogen and oxygen atoms in total. The molecule has 0 amide bonds. The molecule has 30 heavy (non-hydrogen) atoms. The van der Waals surface area contributed by atoms with Crippen molar-refractivity contribution in [3.8, 4) is 23.0 Å². The molecule has 146 valence electrons. The van der Waals surface area contributed by atoms with Gasteiger partial charge in [-0.3, -0.25) is 9.13 Å². The number of allylic oxidation sites excluding steroid dienone is 3. The molecule has 2 aliphatic rings. The van der Waals surface area contributed by atoms with Crippen LogP contribution in [0.1, 0.15) is 25.2 Å². The Hall–Kier alpha value is -4.07. The molecule has 1 aromatic carbocycles. The van der Waals surface area contributed by atoms with E-state index >= 15 is 0 Å². The molecule has 0 N–H and O–H groups in total. The van der Waals surface area contributed by atoms with Crippen LogP contribution in [0.2, 0.25) is 0 Å². The minimum absolute atomic E-state index is 0.0512. The monoisotopic (exact) mass is 394 g/mol. The van der Waals surface area contributed by atoms with Gasteiger partial charge in [0.15, 0.2) is 11.6 Å². The van der Waals surface area contributed by atoms with Crippen molar-refractivity contribution in [3.63, 3.8) is 0 Å². The van der Waals surface area contributed by atoms with E-state index in [1.54, 1.807) is 12.5 Å². The molecular weight excluding hydrogens is 376 g/mol. The second-order valence-corrected chi connectivity index (χ2v) is 7.17. The minimum atomic E-state index is 0.0512. The fraction of sp³-hybridized carbons (Fsp3) is 0.136. The molecular formula is C22H18N8. The number of rotatable bonds is 4. The lowest BCUT2D eigenvalue weighted by atomic mass is 10.1. The first-order valence-corrected chi connectivity index (χ1v) is 9.89. The molecule has 4 aromatic rings. The van der Waals surface area contributed by atoms with E-state index < -0.39 is 0 Å². The van der Waals surface area contributed by atoms with Crippen LogP contribution in [0.4, 0.5) is 5.82 Å². The molecule has 0 bridgehead atoms.